The van der Waals surface area contributed by atoms with Crippen molar-refractivity contribution in [3.8, 4) is 0 Å². The van der Waals surface area contributed by atoms with Gasteiger partial charge in [0, 0.05) is 6.04 Å². The van der Waals surface area contributed by atoms with E-state index in [1.807, 2.05) is 0 Å². The average Bonchev–Trinajstić information content (AvgIpc) is 2.01. The molecule has 0 bridgehead atoms. The van der Waals surface area contributed by atoms with E-state index in [4.69, 9.17) is 4.74 Å². The zero-order chi connectivity index (χ0) is 10.8. The van der Waals surface area contributed by atoms with Crippen LogP contribution in [0.5, 0.6) is 0 Å². The van der Waals surface area contributed by atoms with E-state index in [0.717, 1.165) is 0 Å². The minimum absolute atomic E-state index is 0.00370. The Hall–Kier alpha value is -0.0800. The summed E-state index contributed by atoms with van der Waals surface area (Å²) in [6.45, 7) is 6.44. The highest BCUT2D eigenvalue weighted by Gasteiger charge is 2.30. The maximum atomic E-state index is 6.11. The van der Waals surface area contributed by atoms with E-state index in [-0.39, 0.29) is 5.60 Å². The molecule has 1 aliphatic rings. The van der Waals surface area contributed by atoms with Crippen LogP contribution in [0.2, 0.25) is 0 Å². The summed E-state index contributed by atoms with van der Waals surface area (Å²) in [4.78, 5) is 2.32. The lowest BCUT2D eigenvalue weighted by molar-refractivity contribution is -0.103. The topological polar surface area (TPSA) is 12.5 Å². The van der Waals surface area contributed by atoms with Crippen LogP contribution in [-0.4, -0.2) is 36.7 Å². The van der Waals surface area contributed by atoms with Crippen molar-refractivity contribution >= 4 is 0 Å². The highest BCUT2D eigenvalue weighted by molar-refractivity contribution is 4.83. The molecule has 1 aliphatic carbocycles. The summed E-state index contributed by atoms with van der Waals surface area (Å²) >= 11 is 0. The van der Waals surface area contributed by atoms with Gasteiger partial charge in [0.25, 0.3) is 0 Å². The molecular formula is C12H25NO. The van der Waals surface area contributed by atoms with Crippen molar-refractivity contribution < 1.29 is 4.74 Å². The molecule has 14 heavy (non-hydrogen) atoms. The van der Waals surface area contributed by atoms with Crippen molar-refractivity contribution in [2.45, 2.75) is 64.2 Å². The first-order valence-electron chi connectivity index (χ1n) is 5.74. The van der Waals surface area contributed by atoms with Crippen LogP contribution in [0.3, 0.4) is 0 Å². The molecule has 0 aromatic heterocycles. The maximum Gasteiger partial charge on any atom is 0.0737 e. The Bertz CT molecular complexity index is 172. The van der Waals surface area contributed by atoms with E-state index < -0.39 is 0 Å². The van der Waals surface area contributed by atoms with E-state index in [1.165, 1.54) is 25.7 Å². The van der Waals surface area contributed by atoms with Crippen LogP contribution in [-0.2, 0) is 4.74 Å². The second kappa shape index (κ2) is 4.63. The lowest BCUT2D eigenvalue weighted by atomic mass is 9.91. The van der Waals surface area contributed by atoms with E-state index >= 15 is 0 Å². The van der Waals surface area contributed by atoms with Gasteiger partial charge in [0.1, 0.15) is 0 Å². The molecule has 1 saturated carbocycles. The van der Waals surface area contributed by atoms with Gasteiger partial charge >= 0.3 is 0 Å². The summed E-state index contributed by atoms with van der Waals surface area (Å²) in [5.41, 5.74) is -0.00370. The molecule has 0 aromatic rings. The Morgan fingerprint density at radius 3 is 2.14 bits per heavy atom. The van der Waals surface area contributed by atoms with Gasteiger partial charge in [-0.05, 0) is 47.7 Å². The molecule has 2 heteroatoms. The zero-order valence-corrected chi connectivity index (χ0v) is 10.3. The third-order valence-electron chi connectivity index (χ3n) is 2.84. The van der Waals surface area contributed by atoms with Gasteiger partial charge in [0.05, 0.1) is 11.7 Å². The number of rotatable bonds is 2. The molecule has 0 aliphatic heterocycles. The molecule has 2 atom stereocenters. The number of hydrogen-bond donors (Lipinski definition) is 0. The molecule has 2 nitrogen and oxygen atoms in total. The summed E-state index contributed by atoms with van der Waals surface area (Å²) in [5.74, 6) is 0. The molecule has 0 heterocycles. The number of ether oxygens (including phenoxy) is 1. The van der Waals surface area contributed by atoms with Gasteiger partial charge < -0.3 is 9.64 Å². The van der Waals surface area contributed by atoms with E-state index in [1.54, 1.807) is 0 Å². The van der Waals surface area contributed by atoms with Gasteiger partial charge in [0.15, 0.2) is 0 Å². The van der Waals surface area contributed by atoms with Crippen LogP contribution in [0.4, 0.5) is 0 Å². The van der Waals surface area contributed by atoms with Gasteiger partial charge in [-0.1, -0.05) is 12.8 Å². The lowest BCUT2D eigenvalue weighted by Crippen LogP contribution is -2.45. The summed E-state index contributed by atoms with van der Waals surface area (Å²) in [5, 5.41) is 0. The van der Waals surface area contributed by atoms with Gasteiger partial charge in [-0.2, -0.15) is 0 Å². The molecule has 0 spiro atoms. The third-order valence-corrected chi connectivity index (χ3v) is 2.84. The Morgan fingerprint density at radius 2 is 1.64 bits per heavy atom. The highest BCUT2D eigenvalue weighted by atomic mass is 16.5. The Labute approximate surface area is 88.6 Å². The zero-order valence-electron chi connectivity index (χ0n) is 10.3. The lowest BCUT2D eigenvalue weighted by Gasteiger charge is -2.39. The highest BCUT2D eigenvalue weighted by Crippen LogP contribution is 2.27. The van der Waals surface area contributed by atoms with E-state index in [9.17, 15) is 0 Å². The van der Waals surface area contributed by atoms with Crippen molar-refractivity contribution in [1.82, 2.24) is 4.90 Å². The van der Waals surface area contributed by atoms with Crippen molar-refractivity contribution in [3.63, 3.8) is 0 Å². The average molecular weight is 199 g/mol. The molecule has 0 unspecified atom stereocenters. The fourth-order valence-corrected chi connectivity index (χ4v) is 2.26. The van der Waals surface area contributed by atoms with Gasteiger partial charge in [-0.25, -0.2) is 0 Å². The first-order valence-corrected chi connectivity index (χ1v) is 5.74. The minimum atomic E-state index is -0.00370. The van der Waals surface area contributed by atoms with Crippen LogP contribution < -0.4 is 0 Å². The van der Waals surface area contributed by atoms with Crippen molar-refractivity contribution in [1.29, 1.82) is 0 Å². The predicted molar refractivity (Wildman–Crippen MR) is 60.6 cm³/mol. The van der Waals surface area contributed by atoms with Crippen LogP contribution >= 0.6 is 0 Å². The number of hydrogen-bond acceptors (Lipinski definition) is 2. The number of likely N-dealkylation sites (N-methyl/N-ethyl adjacent to an activating group) is 1. The Kier molecular flexibility index (Phi) is 3.96. The monoisotopic (exact) mass is 199 g/mol. The number of nitrogens with zero attached hydrogens (tertiary/aromatic N) is 1. The molecule has 84 valence electrons. The normalized spacial score (nSPS) is 29.6. The smallest absolute Gasteiger partial charge is 0.0737 e. The quantitative estimate of drug-likeness (QED) is 0.678. The summed E-state index contributed by atoms with van der Waals surface area (Å²) in [6, 6.07) is 0.614. The molecule has 0 aromatic carbocycles. The molecule has 1 fully saturated rings. The maximum absolute atomic E-state index is 6.11. The summed E-state index contributed by atoms with van der Waals surface area (Å²) < 4.78 is 6.11. The van der Waals surface area contributed by atoms with E-state index in [0.29, 0.717) is 12.1 Å². The fraction of sp³-hybridized carbons (Fsp3) is 1.00. The van der Waals surface area contributed by atoms with E-state index in [2.05, 4.69) is 39.8 Å². The Morgan fingerprint density at radius 1 is 1.07 bits per heavy atom. The standard InChI is InChI=1S/C12H25NO/c1-12(2,3)14-11-9-7-6-8-10(11)13(4)5/h10-11H,6-9H2,1-5H3/t10-,11-/m0/s1. The second-order valence-electron chi connectivity index (χ2n) is 5.58. The molecule has 0 radical (unpaired) electrons. The molecule has 0 N–H and O–H groups in total. The van der Waals surface area contributed by atoms with Crippen LogP contribution in [0.15, 0.2) is 0 Å². The molecule has 1 rings (SSSR count). The van der Waals surface area contributed by atoms with Crippen molar-refractivity contribution in [2.75, 3.05) is 14.1 Å². The molecular weight excluding hydrogens is 174 g/mol. The molecule has 0 saturated heterocycles. The summed E-state index contributed by atoms with van der Waals surface area (Å²) in [7, 11) is 4.32. The Balaban J connectivity index is 2.54. The van der Waals surface area contributed by atoms with Crippen molar-refractivity contribution in [3.05, 3.63) is 0 Å². The predicted octanol–water partition coefficient (Wildman–Crippen LogP) is 2.67. The largest absolute Gasteiger partial charge is 0.371 e. The second-order valence-corrected chi connectivity index (χ2v) is 5.58. The summed E-state index contributed by atoms with van der Waals surface area (Å²) in [6.07, 6.45) is 5.62. The first kappa shape index (κ1) is 12.0. The van der Waals surface area contributed by atoms with Crippen molar-refractivity contribution in [2.24, 2.45) is 0 Å². The fourth-order valence-electron chi connectivity index (χ4n) is 2.26. The minimum Gasteiger partial charge on any atom is -0.371 e. The van der Waals surface area contributed by atoms with Gasteiger partial charge in [-0.15, -0.1) is 0 Å². The van der Waals surface area contributed by atoms with Crippen LogP contribution in [0.25, 0.3) is 0 Å². The third kappa shape index (κ3) is 3.58. The van der Waals surface area contributed by atoms with Gasteiger partial charge in [0.2, 0.25) is 0 Å². The SMILES string of the molecule is CN(C)[C@H]1CCCC[C@@H]1OC(C)(C)C. The first-order chi connectivity index (χ1) is 6.40. The van der Waals surface area contributed by atoms with Crippen LogP contribution in [0, 0.1) is 0 Å². The molecule has 0 amide bonds. The van der Waals surface area contributed by atoms with Crippen LogP contribution in [0.1, 0.15) is 46.5 Å². The van der Waals surface area contributed by atoms with Gasteiger partial charge in [-0.3, -0.25) is 0 Å².